The van der Waals surface area contributed by atoms with E-state index < -0.39 is 97.5 Å². The molecule has 0 fully saturated rings. The van der Waals surface area contributed by atoms with E-state index in [4.69, 9.17) is 37.0 Å². The summed E-state index contributed by atoms with van der Waals surface area (Å²) in [4.78, 5) is 73.0. The number of phosphoric ester groups is 2. The topological polar surface area (TPSA) is 237 Å². The van der Waals surface area contributed by atoms with E-state index in [1.54, 1.807) is 0 Å². The molecule has 0 radical (unpaired) electrons. The van der Waals surface area contributed by atoms with Crippen molar-refractivity contribution in [2.24, 2.45) is 23.7 Å². The smallest absolute Gasteiger partial charge is 0.462 e. The van der Waals surface area contributed by atoms with Gasteiger partial charge in [-0.2, -0.15) is 0 Å². The van der Waals surface area contributed by atoms with Gasteiger partial charge in [-0.15, -0.1) is 0 Å². The molecule has 0 saturated carbocycles. The standard InChI is InChI=1S/C82H160O17P2/c1-9-73(6)59-51-43-34-28-24-20-16-14-12-13-15-17-23-27-31-38-48-56-64-81(86)98-78(69-93-80(85)63-55-47-41-40-42-50-58-72(4)5)71-97-101(90,91)95-67-76(83)66-94-100(88,89)96-70-77(99-82(87)65-57-49-39-33-32-36-45-53-61-75(8)11-3)68-92-79(84)62-54-46-37-30-26-22-19-18-21-25-29-35-44-52-60-74(7)10-2/h72-78,83H,9-71H2,1-8H3,(H,88,89)(H,90,91)/t73?,74?,75?,76-,77-,78-/m1/s1. The molecule has 0 aromatic heterocycles. The fourth-order valence-corrected chi connectivity index (χ4v) is 14.1. The average Bonchev–Trinajstić information content (AvgIpc) is 0.947. The Hall–Kier alpha value is -1.94. The number of aliphatic hydroxyl groups is 1. The quantitative estimate of drug-likeness (QED) is 0.0222. The van der Waals surface area contributed by atoms with Crippen LogP contribution < -0.4 is 0 Å². The highest BCUT2D eigenvalue weighted by Gasteiger charge is 2.30. The molecule has 0 aliphatic heterocycles. The molecular formula is C82H160O17P2. The van der Waals surface area contributed by atoms with Gasteiger partial charge in [0.05, 0.1) is 26.4 Å². The van der Waals surface area contributed by atoms with Crippen LogP contribution in [-0.2, 0) is 65.4 Å². The number of carbonyl (C=O) groups excluding carboxylic acids is 4. The van der Waals surface area contributed by atoms with Gasteiger partial charge < -0.3 is 33.8 Å². The van der Waals surface area contributed by atoms with Crippen LogP contribution in [0.5, 0.6) is 0 Å². The van der Waals surface area contributed by atoms with Crippen LogP contribution in [0, 0.1) is 23.7 Å². The summed E-state index contributed by atoms with van der Waals surface area (Å²) in [7, 11) is -9.92. The Kier molecular flexibility index (Phi) is 69.6. The van der Waals surface area contributed by atoms with Crippen LogP contribution in [0.25, 0.3) is 0 Å². The lowest BCUT2D eigenvalue weighted by molar-refractivity contribution is -0.161. The van der Waals surface area contributed by atoms with Gasteiger partial charge in [-0.3, -0.25) is 37.3 Å². The number of hydrogen-bond acceptors (Lipinski definition) is 15. The zero-order valence-corrected chi connectivity index (χ0v) is 68.3. The van der Waals surface area contributed by atoms with E-state index in [-0.39, 0.29) is 25.7 Å². The minimum absolute atomic E-state index is 0.105. The van der Waals surface area contributed by atoms with Crippen molar-refractivity contribution in [2.75, 3.05) is 39.6 Å². The first-order valence-electron chi connectivity index (χ1n) is 42.3. The van der Waals surface area contributed by atoms with E-state index in [1.165, 1.54) is 218 Å². The maximum Gasteiger partial charge on any atom is 0.472 e. The molecule has 17 nitrogen and oxygen atoms in total. The number of phosphoric acid groups is 2. The lowest BCUT2D eigenvalue weighted by Gasteiger charge is -2.21. The number of ether oxygens (including phenoxy) is 4. The van der Waals surface area contributed by atoms with Gasteiger partial charge >= 0.3 is 39.5 Å². The number of esters is 4. The summed E-state index contributed by atoms with van der Waals surface area (Å²) < 4.78 is 68.7. The van der Waals surface area contributed by atoms with Crippen molar-refractivity contribution in [1.29, 1.82) is 0 Å². The normalized spacial score (nSPS) is 14.8. The van der Waals surface area contributed by atoms with Crippen LogP contribution in [0.4, 0.5) is 0 Å². The number of unbranched alkanes of at least 4 members (excludes halogenated alkanes) is 42. The maximum atomic E-state index is 13.1. The van der Waals surface area contributed by atoms with Crippen molar-refractivity contribution in [3.8, 4) is 0 Å². The Bertz CT molecular complexity index is 1980. The molecule has 0 bridgehead atoms. The molecule has 0 rings (SSSR count). The molecule has 0 aromatic rings. The minimum atomic E-state index is -4.96. The van der Waals surface area contributed by atoms with Gasteiger partial charge in [0.15, 0.2) is 12.2 Å². The van der Waals surface area contributed by atoms with E-state index in [0.29, 0.717) is 31.6 Å². The second-order valence-corrected chi connectivity index (χ2v) is 33.6. The van der Waals surface area contributed by atoms with Crippen molar-refractivity contribution >= 4 is 39.5 Å². The average molecular weight is 1480 g/mol. The summed E-state index contributed by atoms with van der Waals surface area (Å²) in [5, 5.41) is 10.6. The first kappa shape index (κ1) is 99.1. The number of hydrogen-bond donors (Lipinski definition) is 3. The summed E-state index contributed by atoms with van der Waals surface area (Å²) in [5.74, 6) is 1.05. The van der Waals surface area contributed by atoms with E-state index in [0.717, 1.165) is 114 Å². The fourth-order valence-electron chi connectivity index (χ4n) is 12.5. The van der Waals surface area contributed by atoms with Gasteiger partial charge in [0.25, 0.3) is 0 Å². The Balaban J connectivity index is 5.15. The summed E-state index contributed by atoms with van der Waals surface area (Å²) in [6.07, 6.45) is 58.4. The zero-order chi connectivity index (χ0) is 74.6. The third-order valence-electron chi connectivity index (χ3n) is 20.2. The second kappa shape index (κ2) is 71.0. The number of aliphatic hydroxyl groups excluding tert-OH is 1. The van der Waals surface area contributed by atoms with E-state index in [1.807, 2.05) is 0 Å². The summed E-state index contributed by atoms with van der Waals surface area (Å²) >= 11 is 0. The van der Waals surface area contributed by atoms with Crippen LogP contribution in [0.1, 0.15) is 421 Å². The second-order valence-electron chi connectivity index (χ2n) is 30.7. The molecule has 19 heteroatoms. The van der Waals surface area contributed by atoms with Crippen molar-refractivity contribution in [2.45, 2.75) is 440 Å². The highest BCUT2D eigenvalue weighted by Crippen LogP contribution is 2.45. The Morgan fingerprint density at radius 1 is 0.277 bits per heavy atom. The van der Waals surface area contributed by atoms with Crippen molar-refractivity contribution in [3.63, 3.8) is 0 Å². The van der Waals surface area contributed by atoms with Crippen LogP contribution in [0.3, 0.4) is 0 Å². The lowest BCUT2D eigenvalue weighted by atomic mass is 9.99. The van der Waals surface area contributed by atoms with Crippen LogP contribution >= 0.6 is 15.6 Å². The zero-order valence-electron chi connectivity index (χ0n) is 66.5. The first-order chi connectivity index (χ1) is 48.7. The molecule has 0 aromatic carbocycles. The summed E-state index contributed by atoms with van der Waals surface area (Å²) in [5.41, 5.74) is 0. The third kappa shape index (κ3) is 72.1. The Morgan fingerprint density at radius 3 is 0.703 bits per heavy atom. The molecule has 600 valence electrons. The van der Waals surface area contributed by atoms with Crippen LogP contribution in [-0.4, -0.2) is 96.7 Å². The molecule has 0 spiro atoms. The van der Waals surface area contributed by atoms with Crippen molar-refractivity contribution < 1.29 is 80.2 Å². The highest BCUT2D eigenvalue weighted by atomic mass is 31.2. The monoisotopic (exact) mass is 1480 g/mol. The van der Waals surface area contributed by atoms with E-state index in [9.17, 15) is 43.2 Å². The molecule has 8 atom stereocenters. The molecule has 0 aliphatic rings. The highest BCUT2D eigenvalue weighted by molar-refractivity contribution is 7.47. The predicted octanol–water partition coefficient (Wildman–Crippen LogP) is 24.4. The first-order valence-corrected chi connectivity index (χ1v) is 45.3. The molecule has 101 heavy (non-hydrogen) atoms. The third-order valence-corrected chi connectivity index (χ3v) is 22.1. The fraction of sp³-hybridized carbons (Fsp3) is 0.951. The Morgan fingerprint density at radius 2 is 0.475 bits per heavy atom. The molecular weight excluding hydrogens is 1320 g/mol. The molecule has 0 saturated heterocycles. The molecule has 5 unspecified atom stereocenters. The van der Waals surface area contributed by atoms with E-state index >= 15 is 0 Å². The van der Waals surface area contributed by atoms with Gasteiger partial charge in [-0.25, -0.2) is 9.13 Å². The molecule has 3 N–H and O–H groups in total. The van der Waals surface area contributed by atoms with Gasteiger partial charge in [0.1, 0.15) is 19.3 Å². The SMILES string of the molecule is CCC(C)CCCCCCCCCCCCCCCCCCCCC(=O)O[C@H](COC(=O)CCCCCCCCC(C)C)COP(=O)(O)OC[C@H](O)COP(=O)(O)OC[C@@H](COC(=O)CCCCCCCCCCCCCCCCC(C)CC)OC(=O)CCCCCCCCCCC(C)CC. The van der Waals surface area contributed by atoms with Crippen molar-refractivity contribution in [3.05, 3.63) is 0 Å². The molecule has 0 heterocycles. The summed E-state index contributed by atoms with van der Waals surface area (Å²) in [6.45, 7) is 14.3. The van der Waals surface area contributed by atoms with E-state index in [2.05, 4.69) is 55.4 Å². The van der Waals surface area contributed by atoms with Crippen LogP contribution in [0.2, 0.25) is 0 Å². The maximum absolute atomic E-state index is 13.1. The van der Waals surface area contributed by atoms with Gasteiger partial charge in [0.2, 0.25) is 0 Å². The largest absolute Gasteiger partial charge is 0.472 e. The molecule has 0 aliphatic carbocycles. The summed E-state index contributed by atoms with van der Waals surface area (Å²) in [6, 6.07) is 0. The minimum Gasteiger partial charge on any atom is -0.462 e. The predicted molar refractivity (Wildman–Crippen MR) is 414 cm³/mol. The van der Waals surface area contributed by atoms with Crippen molar-refractivity contribution in [1.82, 2.24) is 0 Å². The number of carbonyl (C=O) groups is 4. The van der Waals surface area contributed by atoms with Gasteiger partial charge in [-0.05, 0) is 49.4 Å². The van der Waals surface area contributed by atoms with Gasteiger partial charge in [-0.1, -0.05) is 370 Å². The lowest BCUT2D eigenvalue weighted by Crippen LogP contribution is -2.30. The van der Waals surface area contributed by atoms with Crippen LogP contribution in [0.15, 0.2) is 0 Å². The Labute approximate surface area is 619 Å². The molecule has 0 amide bonds. The van der Waals surface area contributed by atoms with Gasteiger partial charge in [0, 0.05) is 25.7 Å². The number of rotatable bonds is 79.